The summed E-state index contributed by atoms with van der Waals surface area (Å²) in [7, 11) is 0. The minimum atomic E-state index is 1.02. The first-order valence-electron chi connectivity index (χ1n) is 6.12. The van der Waals surface area contributed by atoms with Crippen molar-refractivity contribution in [1.29, 1.82) is 0 Å². The second kappa shape index (κ2) is 12.0. The van der Waals surface area contributed by atoms with Crippen molar-refractivity contribution in [3.8, 4) is 0 Å². The van der Waals surface area contributed by atoms with E-state index in [0.717, 1.165) is 11.8 Å². The molecule has 0 aliphatic heterocycles. The molecule has 0 bridgehead atoms. The number of hydrogen-bond acceptors (Lipinski definition) is 0. The van der Waals surface area contributed by atoms with Crippen molar-refractivity contribution >= 4 is 0 Å². The van der Waals surface area contributed by atoms with Gasteiger partial charge in [-0.05, 0) is 18.3 Å². The van der Waals surface area contributed by atoms with Gasteiger partial charge in [-0.1, -0.05) is 67.2 Å². The Bertz CT molecular complexity index is 66.1. The van der Waals surface area contributed by atoms with Gasteiger partial charge < -0.3 is 0 Å². The summed E-state index contributed by atoms with van der Waals surface area (Å²) in [4.78, 5) is 0. The van der Waals surface area contributed by atoms with Crippen LogP contribution in [0.4, 0.5) is 0 Å². The van der Waals surface area contributed by atoms with Crippen molar-refractivity contribution in [2.24, 2.45) is 11.8 Å². The number of rotatable bonds is 0. The highest BCUT2D eigenvalue weighted by molar-refractivity contribution is 4.68. The molecule has 0 aromatic heterocycles. The van der Waals surface area contributed by atoms with Gasteiger partial charge in [-0.25, -0.2) is 0 Å². The highest BCUT2D eigenvalue weighted by Gasteiger charge is 2.15. The third kappa shape index (κ3) is 14.8. The molecule has 0 aromatic carbocycles. The second-order valence-corrected chi connectivity index (χ2v) is 4.44. The van der Waals surface area contributed by atoms with E-state index in [0.29, 0.717) is 0 Å². The van der Waals surface area contributed by atoms with Crippen LogP contribution in [0.25, 0.3) is 0 Å². The first kappa shape index (κ1) is 15.5. The van der Waals surface area contributed by atoms with Crippen LogP contribution in [0, 0.1) is 11.8 Å². The molecule has 0 amide bonds. The zero-order valence-corrected chi connectivity index (χ0v) is 10.7. The normalized spacial score (nSPS) is 25.4. The molecule has 0 radical (unpaired) electrons. The molecule has 0 heterocycles. The highest BCUT2D eigenvalue weighted by Crippen LogP contribution is 2.29. The van der Waals surface area contributed by atoms with Crippen LogP contribution in [-0.2, 0) is 0 Å². The SMILES string of the molecule is CC1CCC(C)C1.CCC.CCC. The minimum absolute atomic E-state index is 1.02. The van der Waals surface area contributed by atoms with Crippen molar-refractivity contribution in [1.82, 2.24) is 0 Å². The Morgan fingerprint density at radius 2 is 1.00 bits per heavy atom. The molecule has 0 nitrogen and oxygen atoms in total. The summed E-state index contributed by atoms with van der Waals surface area (Å²) < 4.78 is 0. The van der Waals surface area contributed by atoms with Gasteiger partial charge in [0.25, 0.3) is 0 Å². The molecular weight excluding hydrogens is 156 g/mol. The van der Waals surface area contributed by atoms with E-state index in [-0.39, 0.29) is 0 Å². The molecule has 0 aromatic rings. The molecule has 1 rings (SSSR count). The van der Waals surface area contributed by atoms with Crippen molar-refractivity contribution in [2.45, 2.75) is 73.6 Å². The van der Waals surface area contributed by atoms with E-state index in [1.807, 2.05) is 0 Å². The van der Waals surface area contributed by atoms with E-state index in [9.17, 15) is 0 Å². The van der Waals surface area contributed by atoms with Gasteiger partial charge in [0.15, 0.2) is 0 Å². The maximum Gasteiger partial charge on any atom is -0.0440 e. The summed E-state index contributed by atoms with van der Waals surface area (Å²) in [5, 5.41) is 0. The number of hydrogen-bond donors (Lipinski definition) is 0. The van der Waals surface area contributed by atoms with Crippen LogP contribution in [-0.4, -0.2) is 0 Å². The van der Waals surface area contributed by atoms with Crippen molar-refractivity contribution in [2.75, 3.05) is 0 Å². The first-order valence-corrected chi connectivity index (χ1v) is 6.12. The Balaban J connectivity index is 0. The lowest BCUT2D eigenvalue weighted by Gasteiger charge is -1.96. The third-order valence-electron chi connectivity index (χ3n) is 1.96. The lowest BCUT2D eigenvalue weighted by Crippen LogP contribution is -1.84. The molecule has 0 N–H and O–H groups in total. The van der Waals surface area contributed by atoms with E-state index < -0.39 is 0 Å². The lowest BCUT2D eigenvalue weighted by molar-refractivity contribution is 0.555. The van der Waals surface area contributed by atoms with Gasteiger partial charge in [-0.3, -0.25) is 0 Å². The fraction of sp³-hybridized carbons (Fsp3) is 1.00. The molecule has 0 saturated heterocycles. The van der Waals surface area contributed by atoms with E-state index in [2.05, 4.69) is 41.5 Å². The van der Waals surface area contributed by atoms with Crippen LogP contribution in [0.2, 0.25) is 0 Å². The molecule has 2 atom stereocenters. The van der Waals surface area contributed by atoms with Gasteiger partial charge in [-0.15, -0.1) is 0 Å². The molecular formula is C13H30. The fourth-order valence-corrected chi connectivity index (χ4v) is 1.49. The van der Waals surface area contributed by atoms with Crippen molar-refractivity contribution in [3.63, 3.8) is 0 Å². The Labute approximate surface area is 86.1 Å². The quantitative estimate of drug-likeness (QED) is 0.483. The van der Waals surface area contributed by atoms with Crippen LogP contribution < -0.4 is 0 Å². The van der Waals surface area contributed by atoms with E-state index in [1.165, 1.54) is 32.1 Å². The largest absolute Gasteiger partial charge is 0.0656 e. The van der Waals surface area contributed by atoms with Crippen molar-refractivity contribution < 1.29 is 0 Å². The van der Waals surface area contributed by atoms with Crippen LogP contribution in [0.5, 0.6) is 0 Å². The Morgan fingerprint density at radius 1 is 0.769 bits per heavy atom. The molecule has 13 heavy (non-hydrogen) atoms. The van der Waals surface area contributed by atoms with Gasteiger partial charge in [0, 0.05) is 0 Å². The van der Waals surface area contributed by atoms with Gasteiger partial charge in [0.05, 0.1) is 0 Å². The Hall–Kier alpha value is 0. The maximum atomic E-state index is 2.35. The van der Waals surface area contributed by atoms with Gasteiger partial charge in [-0.2, -0.15) is 0 Å². The predicted molar refractivity (Wildman–Crippen MR) is 64.1 cm³/mol. The maximum absolute atomic E-state index is 2.35. The topological polar surface area (TPSA) is 0 Å². The lowest BCUT2D eigenvalue weighted by atomic mass is 10.1. The van der Waals surface area contributed by atoms with Gasteiger partial charge in [0.1, 0.15) is 0 Å². The monoisotopic (exact) mass is 186 g/mol. The van der Waals surface area contributed by atoms with Crippen LogP contribution >= 0.6 is 0 Å². The zero-order chi connectivity index (χ0) is 10.7. The average Bonchev–Trinajstić information content (AvgIpc) is 2.38. The average molecular weight is 186 g/mol. The molecule has 2 unspecified atom stereocenters. The molecule has 0 spiro atoms. The van der Waals surface area contributed by atoms with Crippen LogP contribution in [0.3, 0.4) is 0 Å². The molecule has 82 valence electrons. The predicted octanol–water partition coefficient (Wildman–Crippen LogP) is 5.28. The standard InChI is InChI=1S/C7H14.2C3H8/c1-6-3-4-7(2)5-6;2*1-3-2/h6-7H,3-5H2,1-2H3;2*3H2,1-2H3. The van der Waals surface area contributed by atoms with Crippen LogP contribution in [0.1, 0.15) is 73.6 Å². The summed E-state index contributed by atoms with van der Waals surface area (Å²) in [6, 6.07) is 0. The van der Waals surface area contributed by atoms with E-state index in [1.54, 1.807) is 0 Å². The highest BCUT2D eigenvalue weighted by atomic mass is 14.2. The smallest absolute Gasteiger partial charge is 0.0440 e. The second-order valence-electron chi connectivity index (χ2n) is 4.44. The Morgan fingerprint density at radius 3 is 1.08 bits per heavy atom. The molecule has 1 fully saturated rings. The summed E-state index contributed by atoms with van der Waals surface area (Å²) >= 11 is 0. The molecule has 1 aliphatic carbocycles. The summed E-state index contributed by atoms with van der Waals surface area (Å²) in [5.74, 6) is 2.05. The molecule has 0 heteroatoms. The summed E-state index contributed by atoms with van der Waals surface area (Å²) in [6.07, 6.45) is 6.92. The van der Waals surface area contributed by atoms with E-state index >= 15 is 0 Å². The molecule has 1 aliphatic rings. The summed E-state index contributed by atoms with van der Waals surface area (Å²) in [5.41, 5.74) is 0. The minimum Gasteiger partial charge on any atom is -0.0656 e. The van der Waals surface area contributed by atoms with E-state index in [4.69, 9.17) is 0 Å². The molecule has 1 saturated carbocycles. The van der Waals surface area contributed by atoms with Crippen LogP contribution in [0.15, 0.2) is 0 Å². The zero-order valence-electron chi connectivity index (χ0n) is 10.7. The Kier molecular flexibility index (Phi) is 14.3. The van der Waals surface area contributed by atoms with Crippen molar-refractivity contribution in [3.05, 3.63) is 0 Å². The van der Waals surface area contributed by atoms with Gasteiger partial charge >= 0.3 is 0 Å². The first-order chi connectivity index (χ1) is 6.12. The summed E-state index contributed by atoms with van der Waals surface area (Å²) in [6.45, 7) is 13.2. The van der Waals surface area contributed by atoms with Gasteiger partial charge in [0.2, 0.25) is 0 Å². The fourth-order valence-electron chi connectivity index (χ4n) is 1.49. The third-order valence-corrected chi connectivity index (χ3v) is 1.96.